The average Bonchev–Trinajstić information content (AvgIpc) is 2.01. The van der Waals surface area contributed by atoms with Gasteiger partial charge in [-0.1, -0.05) is 26.0 Å². The third-order valence-electron chi connectivity index (χ3n) is 2.07. The highest BCUT2D eigenvalue weighted by Crippen LogP contribution is 2.26. The van der Waals surface area contributed by atoms with E-state index in [0.29, 0.717) is 0 Å². The standard InChI is InChI=1S/C9H15F/c1-3-8-5-4-7(2)9(10)6-8/h4-5,7-9H,3,6H2,1-2H3/t7-,8+,9-/m1/s1/i6T/t6?,7-,8+,9-. The predicted molar refractivity (Wildman–Crippen MR) is 41.6 cm³/mol. The van der Waals surface area contributed by atoms with Gasteiger partial charge in [0.25, 0.3) is 0 Å². The summed E-state index contributed by atoms with van der Waals surface area (Å²) in [5.41, 5.74) is 0. The Bertz CT molecular complexity index is 156. The van der Waals surface area contributed by atoms with E-state index in [9.17, 15) is 4.39 Å². The highest BCUT2D eigenvalue weighted by atomic mass is 19.1. The quantitative estimate of drug-likeness (QED) is 0.496. The molecule has 0 fully saturated rings. The van der Waals surface area contributed by atoms with Crippen LogP contribution in [0.2, 0.25) is 0 Å². The summed E-state index contributed by atoms with van der Waals surface area (Å²) in [6.07, 6.45) is 3.24. The molecule has 1 unspecified atom stereocenters. The molecule has 1 aliphatic rings. The lowest BCUT2D eigenvalue weighted by atomic mass is 9.87. The monoisotopic (exact) mass is 144 g/mol. The van der Waals surface area contributed by atoms with Gasteiger partial charge in [-0.25, -0.2) is 4.39 Å². The van der Waals surface area contributed by atoms with Crippen molar-refractivity contribution in [2.45, 2.75) is 32.8 Å². The van der Waals surface area contributed by atoms with Crippen LogP contribution in [0.4, 0.5) is 4.39 Å². The van der Waals surface area contributed by atoms with Crippen LogP contribution in [0, 0.1) is 11.8 Å². The number of allylic oxidation sites excluding steroid dienone is 2. The smallest absolute Gasteiger partial charge is 0.107 e. The molecule has 0 aromatic heterocycles. The molecule has 1 rings (SSSR count). The molecule has 10 heavy (non-hydrogen) atoms. The van der Waals surface area contributed by atoms with Crippen LogP contribution in [0.5, 0.6) is 0 Å². The van der Waals surface area contributed by atoms with Gasteiger partial charge < -0.3 is 0 Å². The Labute approximate surface area is 63.5 Å². The van der Waals surface area contributed by atoms with Crippen molar-refractivity contribution < 1.29 is 5.76 Å². The molecule has 1 heteroatoms. The highest BCUT2D eigenvalue weighted by Gasteiger charge is 2.21. The van der Waals surface area contributed by atoms with Crippen molar-refractivity contribution in [3.05, 3.63) is 12.2 Å². The van der Waals surface area contributed by atoms with Gasteiger partial charge in [0.2, 0.25) is 0 Å². The molecule has 0 aliphatic heterocycles. The van der Waals surface area contributed by atoms with Crippen LogP contribution in [0.1, 0.15) is 28.0 Å². The Morgan fingerprint density at radius 3 is 3.00 bits per heavy atom. The largest absolute Gasteiger partial charge is 0.247 e. The van der Waals surface area contributed by atoms with Crippen LogP contribution in [0.3, 0.4) is 0 Å². The zero-order valence-electron chi connectivity index (χ0n) is 7.55. The van der Waals surface area contributed by atoms with E-state index in [1.807, 2.05) is 26.0 Å². The third-order valence-corrected chi connectivity index (χ3v) is 2.07. The first-order valence-corrected chi connectivity index (χ1v) is 3.91. The summed E-state index contributed by atoms with van der Waals surface area (Å²) in [5.74, 6) is 0.0569. The van der Waals surface area contributed by atoms with E-state index in [2.05, 4.69) is 0 Å². The Kier molecular flexibility index (Phi) is 2.03. The minimum atomic E-state index is -0.968. The Balaban J connectivity index is 2.68. The molecule has 0 amide bonds. The van der Waals surface area contributed by atoms with E-state index >= 15 is 0 Å². The molecule has 0 bridgehead atoms. The number of rotatable bonds is 1. The van der Waals surface area contributed by atoms with E-state index < -0.39 is 12.6 Å². The van der Waals surface area contributed by atoms with E-state index in [-0.39, 0.29) is 11.8 Å². The normalized spacial score (nSPS) is 48.9. The zero-order chi connectivity index (χ0) is 8.43. The highest BCUT2D eigenvalue weighted by molar-refractivity contribution is 4.99. The SMILES string of the molecule is [3H]C1[C@@H](CC)C=C[C@@H](C)[C@@H]1F. The molecule has 0 aromatic carbocycles. The fourth-order valence-electron chi connectivity index (χ4n) is 1.17. The van der Waals surface area contributed by atoms with Crippen LogP contribution in [0.15, 0.2) is 12.2 Å². The van der Waals surface area contributed by atoms with Crippen LogP contribution in [0.25, 0.3) is 0 Å². The summed E-state index contributed by atoms with van der Waals surface area (Å²) in [6.45, 7) is 3.83. The molecule has 0 N–H and O–H groups in total. The van der Waals surface area contributed by atoms with Crippen LogP contribution in [-0.4, -0.2) is 6.17 Å². The van der Waals surface area contributed by atoms with Gasteiger partial charge in [0, 0.05) is 7.29 Å². The lowest BCUT2D eigenvalue weighted by Crippen LogP contribution is -2.18. The van der Waals surface area contributed by atoms with E-state index in [0.717, 1.165) is 6.42 Å². The van der Waals surface area contributed by atoms with E-state index in [1.54, 1.807) is 0 Å². The van der Waals surface area contributed by atoms with Crippen molar-refractivity contribution in [1.82, 2.24) is 0 Å². The molecule has 58 valence electrons. The van der Waals surface area contributed by atoms with E-state index in [4.69, 9.17) is 1.37 Å². The maximum absolute atomic E-state index is 13.2. The summed E-state index contributed by atoms with van der Waals surface area (Å²) >= 11 is 0. The van der Waals surface area contributed by atoms with Gasteiger partial charge in [0.15, 0.2) is 0 Å². The molecule has 0 radical (unpaired) electrons. The fourth-order valence-corrected chi connectivity index (χ4v) is 1.17. The second-order valence-electron chi connectivity index (χ2n) is 2.95. The van der Waals surface area contributed by atoms with Crippen molar-refractivity contribution >= 4 is 0 Å². The van der Waals surface area contributed by atoms with Gasteiger partial charge in [-0.3, -0.25) is 0 Å². The molecular weight excluding hydrogens is 127 g/mol. The van der Waals surface area contributed by atoms with Gasteiger partial charge in [0.1, 0.15) is 6.17 Å². The Morgan fingerprint density at radius 2 is 2.40 bits per heavy atom. The topological polar surface area (TPSA) is 0 Å². The van der Waals surface area contributed by atoms with Gasteiger partial charge in [-0.05, 0) is 18.7 Å². The third kappa shape index (κ3) is 1.59. The molecule has 0 heterocycles. The van der Waals surface area contributed by atoms with Crippen molar-refractivity contribution in [2.75, 3.05) is 0 Å². The summed E-state index contributed by atoms with van der Waals surface area (Å²) in [5, 5.41) is 0. The van der Waals surface area contributed by atoms with Gasteiger partial charge >= 0.3 is 0 Å². The molecule has 0 aromatic rings. The first-order valence-electron chi connectivity index (χ1n) is 4.49. The van der Waals surface area contributed by atoms with E-state index in [1.165, 1.54) is 0 Å². The first-order chi connectivity index (χ1) is 5.16. The van der Waals surface area contributed by atoms with Crippen molar-refractivity contribution in [3.63, 3.8) is 0 Å². The van der Waals surface area contributed by atoms with Crippen molar-refractivity contribution in [2.24, 2.45) is 11.8 Å². The zero-order valence-corrected chi connectivity index (χ0v) is 6.55. The van der Waals surface area contributed by atoms with Crippen molar-refractivity contribution in [1.29, 1.82) is 0 Å². The number of halogens is 1. The Hall–Kier alpha value is -0.330. The number of alkyl halides is 1. The average molecular weight is 144 g/mol. The molecule has 4 atom stereocenters. The molecule has 1 aliphatic carbocycles. The second kappa shape index (κ2) is 3.18. The van der Waals surface area contributed by atoms with Crippen molar-refractivity contribution in [3.8, 4) is 0 Å². The number of hydrogen-bond donors (Lipinski definition) is 0. The van der Waals surface area contributed by atoms with Gasteiger partial charge in [-0.2, -0.15) is 0 Å². The number of hydrogen-bond acceptors (Lipinski definition) is 0. The minimum absolute atomic E-state index is 0.0692. The van der Waals surface area contributed by atoms with Crippen LogP contribution >= 0.6 is 0 Å². The molecule has 0 spiro atoms. The molecule has 0 nitrogen and oxygen atoms in total. The van der Waals surface area contributed by atoms with Gasteiger partial charge in [0.05, 0.1) is 0 Å². The van der Waals surface area contributed by atoms with Crippen LogP contribution in [-0.2, 0) is 0 Å². The summed E-state index contributed by atoms with van der Waals surface area (Å²) < 4.78 is 20.7. The fraction of sp³-hybridized carbons (Fsp3) is 0.778. The van der Waals surface area contributed by atoms with Crippen LogP contribution < -0.4 is 0 Å². The summed E-state index contributed by atoms with van der Waals surface area (Å²) in [4.78, 5) is 0. The lowest BCUT2D eigenvalue weighted by molar-refractivity contribution is 0.222. The second-order valence-corrected chi connectivity index (χ2v) is 2.95. The molecular formula is C9H15F. The minimum Gasteiger partial charge on any atom is -0.247 e. The maximum atomic E-state index is 13.2. The maximum Gasteiger partial charge on any atom is 0.107 e. The summed E-state index contributed by atoms with van der Waals surface area (Å²) in [7, 11) is 0. The summed E-state index contributed by atoms with van der Waals surface area (Å²) in [6, 6.07) is 0. The molecule has 0 saturated heterocycles. The Morgan fingerprint density at radius 1 is 1.70 bits per heavy atom. The lowest BCUT2D eigenvalue weighted by Gasteiger charge is -2.22. The predicted octanol–water partition coefficient (Wildman–Crippen LogP) is 2.95. The van der Waals surface area contributed by atoms with Gasteiger partial charge in [-0.15, -0.1) is 0 Å². The first kappa shape index (κ1) is 6.38. The molecule has 0 saturated carbocycles.